The summed E-state index contributed by atoms with van der Waals surface area (Å²) in [6.45, 7) is 4.79. The van der Waals surface area contributed by atoms with Crippen LogP contribution < -0.4 is 10.6 Å². The lowest BCUT2D eigenvalue weighted by Gasteiger charge is -2.29. The van der Waals surface area contributed by atoms with Gasteiger partial charge in [0, 0.05) is 32.2 Å². The summed E-state index contributed by atoms with van der Waals surface area (Å²) in [6.07, 6.45) is 3.07. The number of rotatable bonds is 11. The Kier molecular flexibility index (Phi) is 11.3. The minimum absolute atomic E-state index is 0.185. The number of hydrogen-bond donors (Lipinski definition) is 5. The molecule has 4 atom stereocenters. The predicted octanol–water partition coefficient (Wildman–Crippen LogP) is 9.28. The molecule has 5 N–H and O–H groups in total. The first-order chi connectivity index (χ1) is 30.0. The van der Waals surface area contributed by atoms with Gasteiger partial charge in [0.1, 0.15) is 23.7 Å². The van der Waals surface area contributed by atoms with E-state index in [1.54, 1.807) is 33.8 Å². The van der Waals surface area contributed by atoms with Gasteiger partial charge in [-0.1, -0.05) is 74.5 Å². The number of carboxylic acid groups (broad SMARTS) is 1. The van der Waals surface area contributed by atoms with Gasteiger partial charge in [0.2, 0.25) is 5.91 Å². The van der Waals surface area contributed by atoms with Crippen LogP contribution in [-0.4, -0.2) is 85.1 Å². The largest absolute Gasteiger partial charge is 0.465 e. The van der Waals surface area contributed by atoms with Crippen molar-refractivity contribution in [2.75, 3.05) is 20.2 Å². The van der Waals surface area contributed by atoms with Gasteiger partial charge in [-0.2, -0.15) is 0 Å². The van der Waals surface area contributed by atoms with E-state index in [0.717, 1.165) is 69.8 Å². The van der Waals surface area contributed by atoms with Crippen LogP contribution in [0.3, 0.4) is 0 Å². The highest BCUT2D eigenvalue weighted by Crippen LogP contribution is 2.43. The van der Waals surface area contributed by atoms with Gasteiger partial charge in [-0.25, -0.2) is 19.6 Å². The molecule has 318 valence electrons. The number of aromatic nitrogens is 4. The number of nitrogens with one attached hydrogen (secondary N) is 4. The van der Waals surface area contributed by atoms with Crippen LogP contribution in [0.4, 0.5) is 9.59 Å². The maximum absolute atomic E-state index is 14.0. The summed E-state index contributed by atoms with van der Waals surface area (Å²) in [5.41, 5.74) is 6.42. The van der Waals surface area contributed by atoms with Crippen LogP contribution in [0.15, 0.2) is 91.1 Å². The normalized spacial score (nSPS) is 17.5. The molecular weight excluding hydrogens is 825 g/mol. The lowest BCUT2D eigenvalue weighted by Crippen LogP contribution is -2.50. The SMILES string of the molecule is COC(=O)N[C@@H](C(=O)N1CCCC1c1nc2cc(-c3cc4sc(-c5ccc(-c6cnc([C@@H]7CCCN7C(=O)[C@@H](NC(=O)O)C(C)C)[nH]6)cc5)cc4s3)ccc2[nH]1)c1ccccc1. The zero-order chi connectivity index (χ0) is 43.1. The minimum Gasteiger partial charge on any atom is -0.465 e. The fourth-order valence-corrected chi connectivity index (χ4v) is 11.1. The zero-order valence-corrected chi connectivity index (χ0v) is 36.0. The summed E-state index contributed by atoms with van der Waals surface area (Å²) >= 11 is 3.49. The van der Waals surface area contributed by atoms with Gasteiger partial charge in [0.25, 0.3) is 5.91 Å². The van der Waals surface area contributed by atoms with E-state index in [9.17, 15) is 24.3 Å². The molecule has 2 aliphatic rings. The average Bonchev–Trinajstić information content (AvgIpc) is 4.14. The molecule has 62 heavy (non-hydrogen) atoms. The van der Waals surface area contributed by atoms with Crippen molar-refractivity contribution in [1.29, 1.82) is 0 Å². The van der Waals surface area contributed by atoms with Crippen molar-refractivity contribution >= 4 is 67.1 Å². The summed E-state index contributed by atoms with van der Waals surface area (Å²) in [7, 11) is 1.29. The van der Waals surface area contributed by atoms with Gasteiger partial charge in [-0.15, -0.1) is 22.7 Å². The Morgan fingerprint density at radius 1 is 0.774 bits per heavy atom. The highest BCUT2D eigenvalue weighted by Gasteiger charge is 2.39. The van der Waals surface area contributed by atoms with Crippen LogP contribution in [0.25, 0.3) is 52.6 Å². The van der Waals surface area contributed by atoms with Crippen molar-refractivity contribution in [3.05, 3.63) is 108 Å². The Morgan fingerprint density at radius 3 is 2.06 bits per heavy atom. The second kappa shape index (κ2) is 17.1. The smallest absolute Gasteiger partial charge is 0.407 e. The highest BCUT2D eigenvalue weighted by atomic mass is 32.1. The molecule has 0 bridgehead atoms. The van der Waals surface area contributed by atoms with Crippen molar-refractivity contribution in [3.63, 3.8) is 0 Å². The standard InChI is InChI=1S/C46H46N8O6S2/c1-25(2)39(51-45(57)58)43(55)53-19-7-11-33(53)41-47-24-32(50-41)26-13-15-27(16-14-26)35-22-37-38(61-35)23-36(62-37)29-17-18-30-31(21-29)49-42(48-30)34-12-8-20-54(34)44(56)40(52-46(59)60-3)28-9-5-4-6-10-28/h4-6,9-10,13-18,21-25,33-34,39-40,51H,7-8,11-12,19-20H2,1-3H3,(H,47,50)(H,48,49)(H,52,59)(H,57,58)/t33-,34?,39-,40+/m0/s1. The van der Waals surface area contributed by atoms with Gasteiger partial charge in [-0.3, -0.25) is 9.59 Å². The molecule has 9 rings (SSSR count). The maximum atomic E-state index is 14.0. The summed E-state index contributed by atoms with van der Waals surface area (Å²) in [5, 5.41) is 14.4. The van der Waals surface area contributed by atoms with E-state index in [1.807, 2.05) is 55.1 Å². The van der Waals surface area contributed by atoms with Crippen LogP contribution in [0.1, 0.15) is 74.9 Å². The topological polar surface area (TPSA) is 186 Å². The van der Waals surface area contributed by atoms with Crippen LogP contribution in [0.5, 0.6) is 0 Å². The summed E-state index contributed by atoms with van der Waals surface area (Å²) in [4.78, 5) is 73.5. The molecule has 6 heterocycles. The van der Waals surface area contributed by atoms with Gasteiger partial charge >= 0.3 is 12.2 Å². The van der Waals surface area contributed by atoms with Gasteiger partial charge in [0.05, 0.1) is 42.1 Å². The number of benzene rings is 3. The third-order valence-electron chi connectivity index (χ3n) is 11.8. The zero-order valence-electron chi connectivity index (χ0n) is 34.4. The van der Waals surface area contributed by atoms with Crippen LogP contribution in [0.2, 0.25) is 0 Å². The average molecular weight is 871 g/mol. The third kappa shape index (κ3) is 8.02. The third-order valence-corrected chi connectivity index (χ3v) is 14.2. The molecule has 1 unspecified atom stereocenters. The number of carbonyl (C=O) groups excluding carboxylic acids is 3. The molecule has 4 aromatic heterocycles. The Bertz CT molecular complexity index is 2740. The molecule has 7 aromatic rings. The van der Waals surface area contributed by atoms with Crippen LogP contribution >= 0.6 is 22.7 Å². The van der Waals surface area contributed by atoms with Crippen molar-refractivity contribution in [2.45, 2.75) is 63.7 Å². The molecule has 2 saturated heterocycles. The van der Waals surface area contributed by atoms with Crippen molar-refractivity contribution in [1.82, 2.24) is 40.4 Å². The van der Waals surface area contributed by atoms with E-state index in [-0.39, 0.29) is 29.8 Å². The number of imidazole rings is 2. The van der Waals surface area contributed by atoms with Crippen LogP contribution in [0, 0.1) is 5.92 Å². The second-order valence-corrected chi connectivity index (χ2v) is 18.3. The van der Waals surface area contributed by atoms with E-state index < -0.39 is 24.3 Å². The van der Waals surface area contributed by atoms with Crippen molar-refractivity contribution in [3.8, 4) is 32.1 Å². The second-order valence-electron chi connectivity index (χ2n) is 16.1. The van der Waals surface area contributed by atoms with Crippen molar-refractivity contribution < 1.29 is 29.0 Å². The molecule has 14 nitrogen and oxygen atoms in total. The monoisotopic (exact) mass is 870 g/mol. The number of thiophene rings is 2. The minimum atomic E-state index is -1.21. The summed E-state index contributed by atoms with van der Waals surface area (Å²) < 4.78 is 7.25. The van der Waals surface area contributed by atoms with Crippen LogP contribution in [-0.2, 0) is 14.3 Å². The number of fused-ring (bicyclic) bond motifs is 2. The fraction of sp³-hybridized carbons (Fsp3) is 0.304. The van der Waals surface area contributed by atoms with Gasteiger partial charge in [0.15, 0.2) is 0 Å². The summed E-state index contributed by atoms with van der Waals surface area (Å²) in [5.74, 6) is 0.809. The van der Waals surface area contributed by atoms with E-state index in [2.05, 4.69) is 74.1 Å². The number of alkyl carbamates (subject to hydrolysis) is 1. The molecule has 0 saturated carbocycles. The first-order valence-corrected chi connectivity index (χ1v) is 22.4. The van der Waals surface area contributed by atoms with E-state index >= 15 is 0 Å². The Hall–Kier alpha value is -6.52. The number of aromatic amines is 2. The maximum Gasteiger partial charge on any atom is 0.407 e. The molecule has 0 radical (unpaired) electrons. The molecule has 0 spiro atoms. The molecular formula is C46H46N8O6S2. The fourth-order valence-electron chi connectivity index (χ4n) is 8.65. The van der Waals surface area contributed by atoms with Gasteiger partial charge in [-0.05, 0) is 78.1 Å². The number of hydrogen-bond acceptors (Lipinski definition) is 9. The Balaban J connectivity index is 0.883. The first kappa shape index (κ1) is 40.9. The highest BCUT2D eigenvalue weighted by molar-refractivity contribution is 7.31. The Labute approximate surface area is 365 Å². The van der Waals surface area contributed by atoms with E-state index in [1.165, 1.54) is 21.4 Å². The number of nitrogens with zero attached hydrogens (tertiary/aromatic N) is 4. The quantitative estimate of drug-likeness (QED) is 0.0851. The summed E-state index contributed by atoms with van der Waals surface area (Å²) in [6, 6.07) is 26.1. The number of ether oxygens (including phenoxy) is 1. The van der Waals surface area contributed by atoms with Crippen molar-refractivity contribution in [2.24, 2.45) is 5.92 Å². The number of amides is 4. The first-order valence-electron chi connectivity index (χ1n) is 20.7. The molecule has 2 aliphatic heterocycles. The molecule has 3 aromatic carbocycles. The van der Waals surface area contributed by atoms with Gasteiger partial charge < -0.3 is 40.2 Å². The number of carbonyl (C=O) groups is 4. The lowest BCUT2D eigenvalue weighted by atomic mass is 10.0. The number of methoxy groups -OCH3 is 1. The molecule has 16 heteroatoms. The molecule has 2 fully saturated rings. The number of likely N-dealkylation sites (tertiary alicyclic amines) is 2. The lowest BCUT2D eigenvalue weighted by molar-refractivity contribution is -0.135. The Morgan fingerprint density at radius 2 is 1.40 bits per heavy atom. The molecule has 4 amide bonds. The molecule has 0 aliphatic carbocycles. The predicted molar refractivity (Wildman–Crippen MR) is 240 cm³/mol. The van der Waals surface area contributed by atoms with E-state index in [0.29, 0.717) is 24.5 Å². The van der Waals surface area contributed by atoms with E-state index in [4.69, 9.17) is 9.72 Å². The number of H-pyrrole nitrogens is 2.